The molecule has 0 aromatic heterocycles. The number of carbonyl (C=O) groups excluding carboxylic acids is 1. The summed E-state index contributed by atoms with van der Waals surface area (Å²) in [6.07, 6.45) is 0.930. The van der Waals surface area contributed by atoms with Crippen molar-refractivity contribution in [2.24, 2.45) is 0 Å². The molecule has 24 heavy (non-hydrogen) atoms. The van der Waals surface area contributed by atoms with Gasteiger partial charge < -0.3 is 14.4 Å². The zero-order chi connectivity index (χ0) is 17.3. The molecule has 4 nitrogen and oxygen atoms in total. The van der Waals surface area contributed by atoms with Gasteiger partial charge in [0.05, 0.1) is 13.2 Å². The summed E-state index contributed by atoms with van der Waals surface area (Å²) in [5.74, 6) is 1.22. The van der Waals surface area contributed by atoms with Crippen LogP contribution in [-0.2, 0) is 6.42 Å². The highest BCUT2D eigenvalue weighted by molar-refractivity contribution is 6.08. The molecule has 1 amide bonds. The first-order valence-electron chi connectivity index (χ1n) is 8.27. The van der Waals surface area contributed by atoms with Gasteiger partial charge in [0.1, 0.15) is 0 Å². The number of carbonyl (C=O) groups is 1. The monoisotopic (exact) mass is 325 g/mol. The van der Waals surface area contributed by atoms with Crippen LogP contribution in [0.3, 0.4) is 0 Å². The zero-order valence-corrected chi connectivity index (χ0v) is 14.6. The fourth-order valence-electron chi connectivity index (χ4n) is 3.17. The molecule has 0 aliphatic carbocycles. The maximum absolute atomic E-state index is 13.1. The van der Waals surface area contributed by atoms with E-state index in [-0.39, 0.29) is 18.1 Å². The van der Waals surface area contributed by atoms with E-state index >= 15 is 0 Å². The summed E-state index contributed by atoms with van der Waals surface area (Å²) in [5, 5.41) is 0. The van der Waals surface area contributed by atoms with Crippen molar-refractivity contribution in [1.29, 1.82) is 0 Å². The Morgan fingerprint density at radius 3 is 2.62 bits per heavy atom. The lowest BCUT2D eigenvalue weighted by atomic mass is 10.1. The Labute approximate surface area is 143 Å². The fourth-order valence-corrected chi connectivity index (χ4v) is 3.17. The Balaban J connectivity index is 1.93. The second kappa shape index (κ2) is 6.56. The highest BCUT2D eigenvalue weighted by Crippen LogP contribution is 2.35. The summed E-state index contributed by atoms with van der Waals surface area (Å²) in [4.78, 5) is 14.9. The van der Waals surface area contributed by atoms with Crippen molar-refractivity contribution in [2.75, 3.05) is 12.0 Å². The van der Waals surface area contributed by atoms with Crippen LogP contribution >= 0.6 is 0 Å². The molecule has 0 fully saturated rings. The Morgan fingerprint density at radius 1 is 1.17 bits per heavy atom. The van der Waals surface area contributed by atoms with Gasteiger partial charge in [-0.3, -0.25) is 4.79 Å². The molecule has 0 saturated carbocycles. The van der Waals surface area contributed by atoms with Gasteiger partial charge in [-0.05, 0) is 57.0 Å². The molecule has 1 heterocycles. The highest BCUT2D eigenvalue weighted by Gasteiger charge is 2.31. The van der Waals surface area contributed by atoms with Crippen molar-refractivity contribution in [1.82, 2.24) is 0 Å². The minimum absolute atomic E-state index is 0.0122. The van der Waals surface area contributed by atoms with Gasteiger partial charge in [-0.15, -0.1) is 0 Å². The van der Waals surface area contributed by atoms with Crippen LogP contribution in [0.2, 0.25) is 0 Å². The third-order valence-electron chi connectivity index (χ3n) is 4.20. The molecule has 0 bridgehead atoms. The molecule has 2 aromatic carbocycles. The lowest BCUT2D eigenvalue weighted by Crippen LogP contribution is -2.35. The van der Waals surface area contributed by atoms with Crippen molar-refractivity contribution in [2.45, 2.75) is 39.3 Å². The minimum atomic E-state index is -0.0122. The molecule has 126 valence electrons. The largest absolute Gasteiger partial charge is 0.493 e. The van der Waals surface area contributed by atoms with Gasteiger partial charge in [0.25, 0.3) is 5.91 Å². The van der Waals surface area contributed by atoms with Gasteiger partial charge >= 0.3 is 0 Å². The third-order valence-corrected chi connectivity index (χ3v) is 4.20. The Kier molecular flexibility index (Phi) is 4.47. The molecule has 1 aliphatic heterocycles. The van der Waals surface area contributed by atoms with Crippen LogP contribution in [0.25, 0.3) is 0 Å². The Morgan fingerprint density at radius 2 is 1.92 bits per heavy atom. The van der Waals surface area contributed by atoms with Gasteiger partial charge in [0.15, 0.2) is 11.5 Å². The number of rotatable bonds is 4. The third kappa shape index (κ3) is 2.96. The van der Waals surface area contributed by atoms with E-state index in [2.05, 4.69) is 13.0 Å². The van der Waals surface area contributed by atoms with E-state index in [4.69, 9.17) is 9.47 Å². The van der Waals surface area contributed by atoms with E-state index < -0.39 is 0 Å². The van der Waals surface area contributed by atoms with Crippen LogP contribution in [0.15, 0.2) is 42.5 Å². The molecule has 1 atom stereocenters. The number of benzene rings is 2. The normalized spacial score (nSPS) is 16.2. The lowest BCUT2D eigenvalue weighted by molar-refractivity contribution is 0.0981. The predicted octanol–water partition coefficient (Wildman–Crippen LogP) is 4.07. The number of amides is 1. The highest BCUT2D eigenvalue weighted by atomic mass is 16.5. The predicted molar refractivity (Wildman–Crippen MR) is 95.2 cm³/mol. The van der Waals surface area contributed by atoms with Gasteiger partial charge in [-0.25, -0.2) is 0 Å². The molecule has 1 aliphatic rings. The molecular formula is C20H23NO3. The topological polar surface area (TPSA) is 38.8 Å². The number of ether oxygens (including phenoxy) is 2. The van der Waals surface area contributed by atoms with Crippen LogP contribution in [0, 0.1) is 0 Å². The standard InChI is InChI=1S/C20H23NO3/c1-13(2)24-18-10-9-16(12-19(18)23-4)20(22)21-14(3)11-15-7-5-6-8-17(15)21/h5-10,12-14H,11H2,1-4H3/t14-/m0/s1. The Bertz CT molecular complexity index is 754. The van der Waals surface area contributed by atoms with Crippen LogP contribution < -0.4 is 14.4 Å². The second-order valence-corrected chi connectivity index (χ2v) is 6.39. The van der Waals surface area contributed by atoms with E-state index in [1.165, 1.54) is 5.56 Å². The quantitative estimate of drug-likeness (QED) is 0.850. The molecule has 4 heteroatoms. The van der Waals surface area contributed by atoms with Gasteiger partial charge in [0.2, 0.25) is 0 Å². The molecule has 2 aromatic rings. The maximum Gasteiger partial charge on any atom is 0.258 e. The molecule has 0 unspecified atom stereocenters. The Hall–Kier alpha value is -2.49. The average molecular weight is 325 g/mol. The summed E-state index contributed by atoms with van der Waals surface area (Å²) in [6, 6.07) is 13.6. The average Bonchev–Trinajstić information content (AvgIpc) is 2.89. The fraction of sp³-hybridized carbons (Fsp3) is 0.350. The van der Waals surface area contributed by atoms with Crippen molar-refractivity contribution in [3.8, 4) is 11.5 Å². The zero-order valence-electron chi connectivity index (χ0n) is 14.6. The molecule has 0 N–H and O–H groups in total. The minimum Gasteiger partial charge on any atom is -0.493 e. The van der Waals surface area contributed by atoms with E-state index in [0.29, 0.717) is 17.1 Å². The van der Waals surface area contributed by atoms with E-state index in [9.17, 15) is 4.79 Å². The first-order valence-corrected chi connectivity index (χ1v) is 8.27. The summed E-state index contributed by atoms with van der Waals surface area (Å²) in [6.45, 7) is 5.99. The van der Waals surface area contributed by atoms with E-state index in [0.717, 1.165) is 12.1 Å². The van der Waals surface area contributed by atoms with Crippen molar-refractivity contribution >= 4 is 11.6 Å². The van der Waals surface area contributed by atoms with Crippen LogP contribution in [0.4, 0.5) is 5.69 Å². The lowest BCUT2D eigenvalue weighted by Gasteiger charge is -2.23. The number of methoxy groups -OCH3 is 1. The van der Waals surface area contributed by atoms with Gasteiger partial charge in [-0.1, -0.05) is 18.2 Å². The number of nitrogens with zero attached hydrogens (tertiary/aromatic N) is 1. The first kappa shape index (κ1) is 16.4. The summed E-state index contributed by atoms with van der Waals surface area (Å²) < 4.78 is 11.1. The molecule has 0 radical (unpaired) electrons. The number of para-hydroxylation sites is 1. The summed E-state index contributed by atoms with van der Waals surface area (Å²) in [5.41, 5.74) is 2.81. The number of fused-ring (bicyclic) bond motifs is 1. The van der Waals surface area contributed by atoms with Crippen molar-refractivity contribution in [3.63, 3.8) is 0 Å². The summed E-state index contributed by atoms with van der Waals surface area (Å²) in [7, 11) is 1.59. The van der Waals surface area contributed by atoms with Crippen molar-refractivity contribution < 1.29 is 14.3 Å². The molecule has 0 spiro atoms. The van der Waals surface area contributed by atoms with E-state index in [1.54, 1.807) is 25.3 Å². The van der Waals surface area contributed by atoms with Crippen LogP contribution in [0.5, 0.6) is 11.5 Å². The number of hydrogen-bond donors (Lipinski definition) is 0. The van der Waals surface area contributed by atoms with Crippen LogP contribution in [-0.4, -0.2) is 25.2 Å². The van der Waals surface area contributed by atoms with Crippen molar-refractivity contribution in [3.05, 3.63) is 53.6 Å². The smallest absolute Gasteiger partial charge is 0.258 e. The van der Waals surface area contributed by atoms with Crippen LogP contribution in [0.1, 0.15) is 36.7 Å². The van der Waals surface area contributed by atoms with E-state index in [1.807, 2.05) is 36.9 Å². The number of hydrogen-bond acceptors (Lipinski definition) is 3. The molecule has 0 saturated heterocycles. The number of anilines is 1. The molecular weight excluding hydrogens is 302 g/mol. The summed E-state index contributed by atoms with van der Waals surface area (Å²) >= 11 is 0. The van der Waals surface area contributed by atoms with Gasteiger partial charge in [-0.2, -0.15) is 0 Å². The van der Waals surface area contributed by atoms with Gasteiger partial charge in [0, 0.05) is 17.3 Å². The molecule has 3 rings (SSSR count). The first-order chi connectivity index (χ1) is 11.5. The maximum atomic E-state index is 13.1. The SMILES string of the molecule is COc1cc(C(=O)N2c3ccccc3C[C@@H]2C)ccc1OC(C)C. The second-order valence-electron chi connectivity index (χ2n) is 6.39.